The van der Waals surface area contributed by atoms with Crippen LogP contribution in [-0.2, 0) is 9.53 Å². The largest absolute Gasteiger partial charge is 0.368 e. The Morgan fingerprint density at radius 3 is 2.76 bits per heavy atom. The molecule has 0 aromatic rings. The van der Waals surface area contributed by atoms with Gasteiger partial charge in [0.2, 0.25) is 0 Å². The fourth-order valence-electron chi connectivity index (χ4n) is 2.74. The van der Waals surface area contributed by atoms with E-state index in [1.54, 1.807) is 0 Å². The number of carbonyl (C=O) groups is 1. The second-order valence-electron chi connectivity index (χ2n) is 5.03. The van der Waals surface area contributed by atoms with E-state index < -0.39 is 0 Å². The van der Waals surface area contributed by atoms with Crippen LogP contribution in [0.5, 0.6) is 0 Å². The van der Waals surface area contributed by atoms with Gasteiger partial charge in [0.1, 0.15) is 6.10 Å². The maximum absolute atomic E-state index is 12.2. The monoisotopic (exact) mass is 262 g/mol. The quantitative estimate of drug-likeness (QED) is 0.813. The van der Waals surface area contributed by atoms with Crippen LogP contribution in [0.1, 0.15) is 32.6 Å². The molecule has 0 radical (unpaired) electrons. The molecule has 100 valence electrons. The molecule has 0 bridgehead atoms. The number of nitrogens with two attached hydrogens (primary N) is 1. The number of amides is 1. The summed E-state index contributed by atoms with van der Waals surface area (Å²) in [5.41, 5.74) is 5.67. The average molecular weight is 263 g/mol. The fourth-order valence-corrected chi connectivity index (χ4v) is 2.74. The molecule has 2 saturated heterocycles. The highest BCUT2D eigenvalue weighted by Gasteiger charge is 2.35. The number of carbonyl (C=O) groups excluding carboxylic acids is 1. The first kappa shape index (κ1) is 14.7. The summed E-state index contributed by atoms with van der Waals surface area (Å²) < 4.78 is 5.55. The van der Waals surface area contributed by atoms with Gasteiger partial charge in [-0.1, -0.05) is 0 Å². The lowest BCUT2D eigenvalue weighted by molar-refractivity contribution is -0.147. The van der Waals surface area contributed by atoms with Gasteiger partial charge in [-0.25, -0.2) is 0 Å². The predicted molar refractivity (Wildman–Crippen MR) is 69.2 cm³/mol. The maximum Gasteiger partial charge on any atom is 0.251 e. The van der Waals surface area contributed by atoms with Crippen LogP contribution in [0.4, 0.5) is 0 Å². The smallest absolute Gasteiger partial charge is 0.251 e. The number of nitrogens with zero attached hydrogens (tertiary/aromatic N) is 1. The Kier molecular flexibility index (Phi) is 5.70. The highest BCUT2D eigenvalue weighted by molar-refractivity contribution is 5.85. The van der Waals surface area contributed by atoms with Crippen LogP contribution in [-0.4, -0.2) is 42.6 Å². The molecule has 4 nitrogen and oxygen atoms in total. The number of halogens is 1. The zero-order chi connectivity index (χ0) is 11.5. The minimum absolute atomic E-state index is 0. The molecule has 2 rings (SSSR count). The van der Waals surface area contributed by atoms with Crippen molar-refractivity contribution >= 4 is 18.3 Å². The molecular weight excluding hydrogens is 240 g/mol. The molecule has 0 spiro atoms. The van der Waals surface area contributed by atoms with E-state index in [1.165, 1.54) is 0 Å². The molecule has 0 saturated carbocycles. The van der Waals surface area contributed by atoms with E-state index in [9.17, 15) is 4.79 Å². The minimum Gasteiger partial charge on any atom is -0.368 e. The van der Waals surface area contributed by atoms with Crippen molar-refractivity contribution in [1.29, 1.82) is 0 Å². The summed E-state index contributed by atoms with van der Waals surface area (Å²) >= 11 is 0. The molecular formula is C12H23ClN2O2. The van der Waals surface area contributed by atoms with Crippen molar-refractivity contribution in [3.8, 4) is 0 Å². The summed E-state index contributed by atoms with van der Waals surface area (Å²) in [5, 5.41) is 0. The van der Waals surface area contributed by atoms with Crippen LogP contribution in [0.15, 0.2) is 0 Å². The van der Waals surface area contributed by atoms with Gasteiger partial charge in [-0.15, -0.1) is 12.4 Å². The third-order valence-corrected chi connectivity index (χ3v) is 3.73. The number of hydrogen-bond acceptors (Lipinski definition) is 3. The molecule has 5 heteroatoms. The normalized spacial score (nSPS) is 33.3. The SMILES string of the molecule is CC1CC(CN)CN1C(=O)C1CCCCO1.Cl. The summed E-state index contributed by atoms with van der Waals surface area (Å²) in [7, 11) is 0. The van der Waals surface area contributed by atoms with Gasteiger partial charge in [0.25, 0.3) is 5.91 Å². The van der Waals surface area contributed by atoms with Crippen molar-refractivity contribution in [1.82, 2.24) is 4.90 Å². The standard InChI is InChI=1S/C12H22N2O2.ClH/c1-9-6-10(7-13)8-14(9)12(15)11-4-2-3-5-16-11;/h9-11H,2-8,13H2,1H3;1H. The van der Waals surface area contributed by atoms with Crippen molar-refractivity contribution in [3.05, 3.63) is 0 Å². The minimum atomic E-state index is -0.187. The first-order chi connectivity index (χ1) is 7.72. The van der Waals surface area contributed by atoms with E-state index in [1.807, 2.05) is 4.90 Å². The van der Waals surface area contributed by atoms with Gasteiger partial charge >= 0.3 is 0 Å². The first-order valence-corrected chi connectivity index (χ1v) is 6.34. The summed E-state index contributed by atoms with van der Waals surface area (Å²) in [6, 6.07) is 0.326. The van der Waals surface area contributed by atoms with Crippen LogP contribution < -0.4 is 5.73 Å². The van der Waals surface area contributed by atoms with Crippen molar-refractivity contribution in [2.45, 2.75) is 44.8 Å². The molecule has 0 aromatic heterocycles. The molecule has 2 aliphatic heterocycles. The second-order valence-corrected chi connectivity index (χ2v) is 5.03. The van der Waals surface area contributed by atoms with E-state index in [0.29, 0.717) is 18.5 Å². The molecule has 2 fully saturated rings. The zero-order valence-corrected chi connectivity index (χ0v) is 11.2. The van der Waals surface area contributed by atoms with Crippen molar-refractivity contribution in [2.24, 2.45) is 11.7 Å². The number of rotatable bonds is 2. The van der Waals surface area contributed by atoms with E-state index in [-0.39, 0.29) is 24.4 Å². The molecule has 17 heavy (non-hydrogen) atoms. The highest BCUT2D eigenvalue weighted by Crippen LogP contribution is 2.25. The van der Waals surface area contributed by atoms with Crippen LogP contribution in [0.3, 0.4) is 0 Å². The molecule has 3 unspecified atom stereocenters. The Morgan fingerprint density at radius 1 is 1.47 bits per heavy atom. The van der Waals surface area contributed by atoms with Gasteiger partial charge in [-0.3, -0.25) is 4.79 Å². The first-order valence-electron chi connectivity index (χ1n) is 6.34. The van der Waals surface area contributed by atoms with Gasteiger partial charge < -0.3 is 15.4 Å². The fraction of sp³-hybridized carbons (Fsp3) is 0.917. The lowest BCUT2D eigenvalue weighted by Gasteiger charge is -2.29. The van der Waals surface area contributed by atoms with Gasteiger partial charge in [-0.05, 0) is 45.1 Å². The van der Waals surface area contributed by atoms with Gasteiger partial charge in [-0.2, -0.15) is 0 Å². The predicted octanol–water partition coefficient (Wildman–Crippen LogP) is 1.17. The Bertz CT molecular complexity index is 257. The van der Waals surface area contributed by atoms with E-state index >= 15 is 0 Å². The lowest BCUT2D eigenvalue weighted by atomic mass is 10.1. The molecule has 1 amide bonds. The summed E-state index contributed by atoms with van der Waals surface area (Å²) in [6.07, 6.45) is 3.93. The summed E-state index contributed by atoms with van der Waals surface area (Å²) in [5.74, 6) is 0.658. The van der Waals surface area contributed by atoms with Crippen LogP contribution >= 0.6 is 12.4 Å². The summed E-state index contributed by atoms with van der Waals surface area (Å²) in [4.78, 5) is 14.2. The van der Waals surface area contributed by atoms with E-state index in [0.717, 1.165) is 38.8 Å². The van der Waals surface area contributed by atoms with Gasteiger partial charge in [0, 0.05) is 19.2 Å². The third-order valence-electron chi connectivity index (χ3n) is 3.73. The lowest BCUT2D eigenvalue weighted by Crippen LogP contribution is -2.43. The van der Waals surface area contributed by atoms with E-state index in [4.69, 9.17) is 10.5 Å². The topological polar surface area (TPSA) is 55.6 Å². The van der Waals surface area contributed by atoms with E-state index in [2.05, 4.69) is 6.92 Å². The molecule has 3 atom stereocenters. The zero-order valence-electron chi connectivity index (χ0n) is 10.4. The Labute approximate surface area is 109 Å². The molecule has 0 aliphatic carbocycles. The third kappa shape index (κ3) is 3.33. The number of likely N-dealkylation sites (tertiary alicyclic amines) is 1. The molecule has 0 aromatic carbocycles. The van der Waals surface area contributed by atoms with Crippen LogP contribution in [0.2, 0.25) is 0 Å². The van der Waals surface area contributed by atoms with Crippen LogP contribution in [0, 0.1) is 5.92 Å². The van der Waals surface area contributed by atoms with Gasteiger partial charge in [0.05, 0.1) is 0 Å². The Hall–Kier alpha value is -0.320. The highest BCUT2D eigenvalue weighted by atomic mass is 35.5. The van der Waals surface area contributed by atoms with Gasteiger partial charge in [0.15, 0.2) is 0 Å². The Morgan fingerprint density at radius 2 is 2.24 bits per heavy atom. The second kappa shape index (κ2) is 6.57. The molecule has 2 N–H and O–H groups in total. The maximum atomic E-state index is 12.2. The van der Waals surface area contributed by atoms with Crippen molar-refractivity contribution < 1.29 is 9.53 Å². The Balaban J connectivity index is 0.00000144. The molecule has 2 aliphatic rings. The average Bonchev–Trinajstić information content (AvgIpc) is 2.71. The van der Waals surface area contributed by atoms with Crippen LogP contribution in [0.25, 0.3) is 0 Å². The van der Waals surface area contributed by atoms with Crippen molar-refractivity contribution in [3.63, 3.8) is 0 Å². The number of ether oxygens (including phenoxy) is 1. The van der Waals surface area contributed by atoms with Crippen molar-refractivity contribution in [2.75, 3.05) is 19.7 Å². The number of hydrogen-bond donors (Lipinski definition) is 1. The molecule has 2 heterocycles. The summed E-state index contributed by atoms with van der Waals surface area (Å²) in [6.45, 7) is 4.34.